The lowest BCUT2D eigenvalue weighted by Gasteiger charge is -2.16. The van der Waals surface area contributed by atoms with E-state index in [0.29, 0.717) is 0 Å². The summed E-state index contributed by atoms with van der Waals surface area (Å²) in [5.41, 5.74) is 10.3. The number of rotatable bonds is 3. The van der Waals surface area contributed by atoms with Crippen molar-refractivity contribution in [3.05, 3.63) is 157 Å². The molecule has 0 saturated carbocycles. The predicted octanol–water partition coefficient (Wildman–Crippen LogP) is 11.9. The van der Waals surface area contributed by atoms with Gasteiger partial charge in [-0.15, -0.1) is 0 Å². The maximum Gasteiger partial charge on any atom is -0.00990 e. The molecule has 0 aliphatic heterocycles. The zero-order valence-electron chi connectivity index (χ0n) is 23.9. The molecule has 0 N–H and O–H groups in total. The Morgan fingerprint density at radius 2 is 0.405 bits per heavy atom. The molecule has 0 aliphatic carbocycles. The van der Waals surface area contributed by atoms with Crippen LogP contribution in [0.3, 0.4) is 0 Å². The van der Waals surface area contributed by atoms with E-state index in [1.807, 2.05) is 0 Å². The van der Waals surface area contributed by atoms with E-state index in [1.165, 1.54) is 87.6 Å². The van der Waals surface area contributed by atoms with Gasteiger partial charge in [0.25, 0.3) is 0 Å². The van der Waals surface area contributed by atoms with Crippen molar-refractivity contribution in [2.75, 3.05) is 0 Å². The fourth-order valence-corrected chi connectivity index (χ4v) is 6.96. The normalized spacial score (nSPS) is 11.6. The van der Waals surface area contributed by atoms with E-state index in [9.17, 15) is 0 Å². The molecule has 0 heteroatoms. The van der Waals surface area contributed by atoms with Crippen molar-refractivity contribution in [2.24, 2.45) is 0 Å². The van der Waals surface area contributed by atoms with Crippen LogP contribution in [-0.2, 0) is 0 Å². The fourth-order valence-electron chi connectivity index (χ4n) is 6.96. The van der Waals surface area contributed by atoms with Crippen LogP contribution in [0.2, 0.25) is 0 Å². The van der Waals surface area contributed by atoms with Gasteiger partial charge < -0.3 is 0 Å². The lowest BCUT2D eigenvalue weighted by Crippen LogP contribution is -1.90. The van der Waals surface area contributed by atoms with E-state index in [-0.39, 0.29) is 0 Å². The second kappa shape index (κ2) is 9.72. The summed E-state index contributed by atoms with van der Waals surface area (Å²) < 4.78 is 0. The molecule has 8 aromatic rings. The third-order valence-corrected chi connectivity index (χ3v) is 8.99. The van der Waals surface area contributed by atoms with Crippen molar-refractivity contribution in [1.82, 2.24) is 0 Å². The molecule has 0 unspecified atom stereocenters. The molecule has 0 fully saturated rings. The van der Waals surface area contributed by atoms with Crippen molar-refractivity contribution in [2.45, 2.75) is 13.8 Å². The average molecular weight is 535 g/mol. The van der Waals surface area contributed by atoms with Crippen LogP contribution in [0.15, 0.2) is 146 Å². The van der Waals surface area contributed by atoms with Gasteiger partial charge in [0.2, 0.25) is 0 Å². The lowest BCUT2D eigenvalue weighted by atomic mass is 9.87. The molecular weight excluding hydrogens is 504 g/mol. The van der Waals surface area contributed by atoms with Gasteiger partial charge in [-0.1, -0.05) is 146 Å². The van der Waals surface area contributed by atoms with Crippen LogP contribution >= 0.6 is 0 Å². The van der Waals surface area contributed by atoms with Gasteiger partial charge in [-0.3, -0.25) is 0 Å². The van der Waals surface area contributed by atoms with E-state index in [2.05, 4.69) is 159 Å². The number of benzene rings is 8. The van der Waals surface area contributed by atoms with E-state index in [0.717, 1.165) is 0 Å². The van der Waals surface area contributed by atoms with Gasteiger partial charge in [-0.2, -0.15) is 0 Å². The zero-order chi connectivity index (χ0) is 28.2. The quantitative estimate of drug-likeness (QED) is 0.211. The Labute approximate surface area is 246 Å². The maximum atomic E-state index is 2.28. The Bertz CT molecular complexity index is 2150. The van der Waals surface area contributed by atoms with Gasteiger partial charge in [0.1, 0.15) is 0 Å². The summed E-state index contributed by atoms with van der Waals surface area (Å²) in [6, 6.07) is 53.7. The van der Waals surface area contributed by atoms with Crippen LogP contribution in [0, 0.1) is 13.8 Å². The summed E-state index contributed by atoms with van der Waals surface area (Å²) in [6.07, 6.45) is 0. The van der Waals surface area contributed by atoms with Crippen LogP contribution in [-0.4, -0.2) is 0 Å². The molecule has 0 heterocycles. The monoisotopic (exact) mass is 534 g/mol. The van der Waals surface area contributed by atoms with Crippen LogP contribution in [0.25, 0.3) is 76.5 Å². The second-order valence-corrected chi connectivity index (χ2v) is 11.4. The Kier molecular flexibility index (Phi) is 5.69. The lowest BCUT2D eigenvalue weighted by molar-refractivity contribution is 1.53. The average Bonchev–Trinajstić information content (AvgIpc) is 3.04. The summed E-state index contributed by atoms with van der Waals surface area (Å²) in [4.78, 5) is 0. The molecule has 0 atom stereocenters. The van der Waals surface area contributed by atoms with Gasteiger partial charge in [0.05, 0.1) is 0 Å². The molecule has 8 rings (SSSR count). The standard InChI is InChI=1S/C42H30/c1-27-11-3-15-31-29(27)13-5-17-33(31)35-19-7-23-39-37(35)21-9-25-41(39)42-26-10-22-38-36(20-8-24-40(38)42)34-18-6-14-30-28(2)12-4-16-32(30)34/h3-26H,1-2H3. The topological polar surface area (TPSA) is 0 Å². The number of aryl methyl sites for hydroxylation is 2. The third-order valence-electron chi connectivity index (χ3n) is 8.99. The summed E-state index contributed by atoms with van der Waals surface area (Å²) >= 11 is 0. The molecule has 8 aromatic carbocycles. The minimum atomic E-state index is 1.27. The summed E-state index contributed by atoms with van der Waals surface area (Å²) in [6.45, 7) is 4.39. The molecule has 42 heavy (non-hydrogen) atoms. The molecule has 198 valence electrons. The van der Waals surface area contributed by atoms with Crippen molar-refractivity contribution < 1.29 is 0 Å². The highest BCUT2D eigenvalue weighted by molar-refractivity contribution is 6.14. The molecule has 0 saturated heterocycles. The highest BCUT2D eigenvalue weighted by atomic mass is 14.2. The van der Waals surface area contributed by atoms with Gasteiger partial charge in [0.15, 0.2) is 0 Å². The molecule has 0 nitrogen and oxygen atoms in total. The van der Waals surface area contributed by atoms with Crippen molar-refractivity contribution >= 4 is 43.1 Å². The van der Waals surface area contributed by atoms with Crippen molar-refractivity contribution in [1.29, 1.82) is 0 Å². The highest BCUT2D eigenvalue weighted by Gasteiger charge is 2.15. The van der Waals surface area contributed by atoms with Crippen LogP contribution in [0.1, 0.15) is 11.1 Å². The van der Waals surface area contributed by atoms with Crippen LogP contribution in [0.4, 0.5) is 0 Å². The number of fused-ring (bicyclic) bond motifs is 4. The van der Waals surface area contributed by atoms with Gasteiger partial charge >= 0.3 is 0 Å². The summed E-state index contributed by atoms with van der Waals surface area (Å²) in [7, 11) is 0. The first-order valence-electron chi connectivity index (χ1n) is 14.7. The van der Waals surface area contributed by atoms with Gasteiger partial charge in [-0.25, -0.2) is 0 Å². The molecule has 0 amide bonds. The van der Waals surface area contributed by atoms with E-state index >= 15 is 0 Å². The molecule has 0 radical (unpaired) electrons. The first-order chi connectivity index (χ1) is 20.7. The smallest absolute Gasteiger partial charge is 0.00990 e. The predicted molar refractivity (Wildman–Crippen MR) is 182 cm³/mol. The minimum absolute atomic E-state index is 1.27. The summed E-state index contributed by atoms with van der Waals surface area (Å²) in [5.74, 6) is 0. The van der Waals surface area contributed by atoms with Crippen molar-refractivity contribution in [3.8, 4) is 33.4 Å². The third kappa shape index (κ3) is 3.76. The molecule has 0 aliphatic rings. The number of hydrogen-bond donors (Lipinski definition) is 0. The zero-order valence-corrected chi connectivity index (χ0v) is 23.9. The van der Waals surface area contributed by atoms with Crippen LogP contribution in [0.5, 0.6) is 0 Å². The molecular formula is C42H30. The SMILES string of the molecule is Cc1cccc2c(-c3cccc4c(-c5cccc6c(-c7cccc8c(C)cccc78)cccc56)cccc34)cccc12. The molecule has 0 aromatic heterocycles. The Balaban J connectivity index is 1.37. The van der Waals surface area contributed by atoms with E-state index in [4.69, 9.17) is 0 Å². The number of hydrogen-bond acceptors (Lipinski definition) is 0. The molecule has 0 spiro atoms. The first-order valence-corrected chi connectivity index (χ1v) is 14.7. The van der Waals surface area contributed by atoms with E-state index < -0.39 is 0 Å². The highest BCUT2D eigenvalue weighted by Crippen LogP contribution is 2.42. The Morgan fingerprint density at radius 3 is 0.667 bits per heavy atom. The minimum Gasteiger partial charge on any atom is -0.0613 e. The second-order valence-electron chi connectivity index (χ2n) is 11.4. The Hall–Kier alpha value is -5.20. The Morgan fingerprint density at radius 1 is 0.214 bits per heavy atom. The summed E-state index contributed by atoms with van der Waals surface area (Å²) in [5, 5.41) is 10.3. The van der Waals surface area contributed by atoms with Crippen molar-refractivity contribution in [3.63, 3.8) is 0 Å². The van der Waals surface area contributed by atoms with Gasteiger partial charge in [-0.05, 0) is 101 Å². The fraction of sp³-hybridized carbons (Fsp3) is 0.0476. The molecule has 0 bridgehead atoms. The van der Waals surface area contributed by atoms with Crippen LogP contribution < -0.4 is 0 Å². The first kappa shape index (κ1) is 24.6. The van der Waals surface area contributed by atoms with Gasteiger partial charge in [0, 0.05) is 0 Å². The largest absolute Gasteiger partial charge is 0.0613 e. The van der Waals surface area contributed by atoms with E-state index in [1.54, 1.807) is 0 Å². The maximum absolute atomic E-state index is 2.28.